The second-order valence-electron chi connectivity index (χ2n) is 10.3. The first-order valence-corrected chi connectivity index (χ1v) is 13.8. The Morgan fingerprint density at radius 3 is 1.26 bits per heavy atom. The number of rotatable bonds is 14. The summed E-state index contributed by atoms with van der Waals surface area (Å²) in [5.74, 6) is 0.701. The molecule has 0 aliphatic carbocycles. The van der Waals surface area contributed by atoms with E-state index in [0.717, 1.165) is 23.6 Å². The molecule has 0 aromatic heterocycles. The monoisotopic (exact) mass is 458 g/mol. The summed E-state index contributed by atoms with van der Waals surface area (Å²) in [7, 11) is 0. The van der Waals surface area contributed by atoms with E-state index in [1.54, 1.807) is 0 Å². The van der Waals surface area contributed by atoms with Gasteiger partial charge in [0.05, 0.1) is 0 Å². The minimum atomic E-state index is 0.350. The Hall–Kier alpha value is -2.48. The highest BCUT2D eigenvalue weighted by molar-refractivity contribution is 6.25. The summed E-state index contributed by atoms with van der Waals surface area (Å²) in [5.41, 5.74) is 2.58. The van der Waals surface area contributed by atoms with E-state index in [1.807, 2.05) is 24.3 Å². The summed E-state index contributed by atoms with van der Waals surface area (Å²) in [5, 5.41) is 28.3. The van der Waals surface area contributed by atoms with Crippen molar-refractivity contribution in [3.05, 3.63) is 47.5 Å². The van der Waals surface area contributed by atoms with Crippen molar-refractivity contribution in [3.63, 3.8) is 0 Å². The maximum absolute atomic E-state index is 10.6. The van der Waals surface area contributed by atoms with Gasteiger partial charge in [0.2, 0.25) is 0 Å². The molecule has 34 heavy (non-hydrogen) atoms. The van der Waals surface area contributed by atoms with Gasteiger partial charge in [0.15, 0.2) is 0 Å². The number of aryl methyl sites for hydroxylation is 2. The van der Waals surface area contributed by atoms with E-state index in [1.165, 1.54) is 110 Å². The summed E-state index contributed by atoms with van der Waals surface area (Å²) in [6, 6.07) is 12.3. The fourth-order valence-electron chi connectivity index (χ4n) is 5.73. The maximum Gasteiger partial charge on any atom is 0.116 e. The van der Waals surface area contributed by atoms with Crippen LogP contribution in [0.2, 0.25) is 0 Å². The molecule has 0 bridgehead atoms. The van der Waals surface area contributed by atoms with Crippen molar-refractivity contribution in [1.82, 2.24) is 0 Å². The normalized spacial score (nSPS) is 11.9. The Balaban J connectivity index is 1.67. The van der Waals surface area contributed by atoms with Crippen molar-refractivity contribution < 1.29 is 10.2 Å². The zero-order valence-corrected chi connectivity index (χ0v) is 21.3. The highest BCUT2D eigenvalue weighted by atomic mass is 16.3. The number of phenols is 2. The summed E-state index contributed by atoms with van der Waals surface area (Å²) < 4.78 is 0. The quantitative estimate of drug-likeness (QED) is 0.146. The van der Waals surface area contributed by atoms with Gasteiger partial charge in [-0.05, 0) is 93.4 Å². The SMILES string of the molecule is CCCCCCCCc1cc2cc(O)cc3c(CCCCCCCC)cc4cc(O)cc1c4c23. The average Bonchev–Trinajstić information content (AvgIpc) is 2.81. The van der Waals surface area contributed by atoms with Gasteiger partial charge in [-0.15, -0.1) is 0 Å². The summed E-state index contributed by atoms with van der Waals surface area (Å²) in [6.07, 6.45) is 17.3. The number of hydrogen-bond donors (Lipinski definition) is 2. The zero-order valence-electron chi connectivity index (χ0n) is 21.3. The smallest absolute Gasteiger partial charge is 0.116 e. The van der Waals surface area contributed by atoms with Gasteiger partial charge in [-0.2, -0.15) is 0 Å². The minimum Gasteiger partial charge on any atom is -0.508 e. The maximum atomic E-state index is 10.6. The van der Waals surface area contributed by atoms with E-state index in [9.17, 15) is 10.2 Å². The average molecular weight is 459 g/mol. The number of unbranched alkanes of at least 4 members (excludes halogenated alkanes) is 10. The number of aromatic hydroxyl groups is 2. The molecule has 0 saturated carbocycles. The first kappa shape index (κ1) is 24.6. The first-order valence-electron chi connectivity index (χ1n) is 13.8. The molecule has 2 nitrogen and oxygen atoms in total. The Morgan fingerprint density at radius 2 is 0.853 bits per heavy atom. The Labute approximate surface area is 205 Å². The van der Waals surface area contributed by atoms with Crippen LogP contribution in [0.1, 0.15) is 102 Å². The lowest BCUT2D eigenvalue weighted by Crippen LogP contribution is -1.96. The minimum absolute atomic E-state index is 0.350. The van der Waals surface area contributed by atoms with Gasteiger partial charge in [-0.25, -0.2) is 0 Å². The lowest BCUT2D eigenvalue weighted by molar-refractivity contribution is 0.476. The molecule has 2 heteroatoms. The van der Waals surface area contributed by atoms with E-state index in [2.05, 4.69) is 26.0 Å². The summed E-state index contributed by atoms with van der Waals surface area (Å²) in [6.45, 7) is 4.51. The van der Waals surface area contributed by atoms with Gasteiger partial charge < -0.3 is 10.2 Å². The van der Waals surface area contributed by atoms with Gasteiger partial charge in [-0.1, -0.05) is 90.2 Å². The Kier molecular flexibility index (Phi) is 8.53. The second-order valence-corrected chi connectivity index (χ2v) is 10.3. The molecule has 0 unspecified atom stereocenters. The third-order valence-electron chi connectivity index (χ3n) is 7.51. The van der Waals surface area contributed by atoms with Crippen LogP contribution < -0.4 is 0 Å². The molecule has 2 N–H and O–H groups in total. The third kappa shape index (κ3) is 5.59. The molecular weight excluding hydrogens is 416 g/mol. The Bertz CT molecular complexity index is 1110. The molecule has 4 rings (SSSR count). The predicted octanol–water partition coefficient (Wildman–Crippen LogP) is 9.80. The lowest BCUT2D eigenvalue weighted by Gasteiger charge is -2.18. The van der Waals surface area contributed by atoms with Crippen LogP contribution in [0.15, 0.2) is 36.4 Å². The fraction of sp³-hybridized carbons (Fsp3) is 0.500. The molecule has 0 radical (unpaired) electrons. The molecule has 182 valence electrons. The van der Waals surface area contributed by atoms with Crippen LogP contribution in [0.25, 0.3) is 32.3 Å². The van der Waals surface area contributed by atoms with Crippen molar-refractivity contribution in [3.8, 4) is 11.5 Å². The molecule has 0 aliphatic rings. The van der Waals surface area contributed by atoms with E-state index < -0.39 is 0 Å². The van der Waals surface area contributed by atoms with Crippen LogP contribution in [-0.2, 0) is 12.8 Å². The molecule has 0 spiro atoms. The highest BCUT2D eigenvalue weighted by Gasteiger charge is 2.17. The van der Waals surface area contributed by atoms with Gasteiger partial charge in [0, 0.05) is 0 Å². The molecule has 0 aliphatic heterocycles. The first-order chi connectivity index (χ1) is 16.6. The standard InChI is InChI=1S/C32H42O2/c1-3-5-7-9-11-13-15-23-17-25-19-28(34)22-30-24(16-14-12-10-8-6-4-2)18-26-20-27(33)21-29(23)31(26)32(25)30/h17-22,33-34H,3-16H2,1-2H3. The third-order valence-corrected chi connectivity index (χ3v) is 7.51. The predicted molar refractivity (Wildman–Crippen MR) is 148 cm³/mol. The molecule has 4 aromatic carbocycles. The van der Waals surface area contributed by atoms with Crippen molar-refractivity contribution in [1.29, 1.82) is 0 Å². The van der Waals surface area contributed by atoms with Crippen LogP contribution in [0.4, 0.5) is 0 Å². The van der Waals surface area contributed by atoms with Gasteiger partial charge in [0.25, 0.3) is 0 Å². The van der Waals surface area contributed by atoms with Crippen molar-refractivity contribution in [2.24, 2.45) is 0 Å². The topological polar surface area (TPSA) is 40.5 Å². The second kappa shape index (κ2) is 11.8. The van der Waals surface area contributed by atoms with Gasteiger partial charge >= 0.3 is 0 Å². The van der Waals surface area contributed by atoms with Crippen LogP contribution in [-0.4, -0.2) is 10.2 Å². The summed E-state index contributed by atoms with van der Waals surface area (Å²) >= 11 is 0. The molecular formula is C32H42O2. The molecule has 4 aromatic rings. The highest BCUT2D eigenvalue weighted by Crippen LogP contribution is 2.42. The van der Waals surface area contributed by atoms with Crippen molar-refractivity contribution in [2.75, 3.05) is 0 Å². The van der Waals surface area contributed by atoms with Gasteiger partial charge in [0.1, 0.15) is 11.5 Å². The number of phenolic OH excluding ortho intramolecular Hbond substituents is 2. The van der Waals surface area contributed by atoms with Crippen molar-refractivity contribution in [2.45, 2.75) is 104 Å². The molecule has 0 amide bonds. The van der Waals surface area contributed by atoms with Gasteiger partial charge in [-0.3, -0.25) is 0 Å². The Morgan fingerprint density at radius 1 is 0.471 bits per heavy atom. The largest absolute Gasteiger partial charge is 0.508 e. The van der Waals surface area contributed by atoms with Crippen LogP contribution in [0.3, 0.4) is 0 Å². The van der Waals surface area contributed by atoms with Crippen molar-refractivity contribution >= 4 is 32.3 Å². The molecule has 0 saturated heterocycles. The van der Waals surface area contributed by atoms with Crippen LogP contribution >= 0.6 is 0 Å². The number of hydrogen-bond acceptors (Lipinski definition) is 2. The van der Waals surface area contributed by atoms with E-state index in [0.29, 0.717) is 11.5 Å². The lowest BCUT2D eigenvalue weighted by atomic mass is 9.86. The summed E-state index contributed by atoms with van der Waals surface area (Å²) in [4.78, 5) is 0. The molecule has 0 atom stereocenters. The van der Waals surface area contributed by atoms with Crippen LogP contribution in [0, 0.1) is 0 Å². The van der Waals surface area contributed by atoms with E-state index in [4.69, 9.17) is 0 Å². The van der Waals surface area contributed by atoms with E-state index in [-0.39, 0.29) is 0 Å². The molecule has 0 fully saturated rings. The zero-order chi connectivity index (χ0) is 23.9. The molecule has 0 heterocycles. The number of benzene rings is 4. The fourth-order valence-corrected chi connectivity index (χ4v) is 5.73. The van der Waals surface area contributed by atoms with Crippen LogP contribution in [0.5, 0.6) is 11.5 Å². The van der Waals surface area contributed by atoms with E-state index >= 15 is 0 Å².